The van der Waals surface area contributed by atoms with Gasteiger partial charge in [-0.3, -0.25) is 0 Å². The number of nitrogens with zero attached hydrogens (tertiary/aromatic N) is 3. The molecule has 2 aromatic rings. The number of imidazole rings is 1. The van der Waals surface area contributed by atoms with E-state index in [1.54, 1.807) is 30.7 Å². The molecule has 110 valence electrons. The van der Waals surface area contributed by atoms with Gasteiger partial charge in [-0.25, -0.2) is 14.2 Å². The van der Waals surface area contributed by atoms with Crippen LogP contribution >= 0.6 is 0 Å². The van der Waals surface area contributed by atoms with Gasteiger partial charge in [0.25, 0.3) is 0 Å². The molecule has 1 unspecified atom stereocenters. The van der Waals surface area contributed by atoms with E-state index >= 15 is 0 Å². The molecule has 0 spiro atoms. The van der Waals surface area contributed by atoms with Gasteiger partial charge in [0.1, 0.15) is 5.82 Å². The van der Waals surface area contributed by atoms with E-state index < -0.39 is 6.09 Å². The van der Waals surface area contributed by atoms with Crippen molar-refractivity contribution in [3.05, 3.63) is 42.6 Å². The van der Waals surface area contributed by atoms with Crippen molar-refractivity contribution in [1.29, 1.82) is 0 Å². The number of rotatable bonds is 2. The molecule has 1 aromatic carbocycles. The molecule has 1 amide bonds. The fourth-order valence-electron chi connectivity index (χ4n) is 2.72. The number of amides is 1. The van der Waals surface area contributed by atoms with Crippen LogP contribution in [0.5, 0.6) is 0 Å². The Bertz CT molecular complexity index is 656. The lowest BCUT2D eigenvalue weighted by atomic mass is 10.1. The molecule has 5 nitrogen and oxygen atoms in total. The number of likely N-dealkylation sites (tertiary alicyclic amines) is 1. The zero-order valence-corrected chi connectivity index (χ0v) is 11.4. The topological polar surface area (TPSA) is 58.4 Å². The molecule has 21 heavy (non-hydrogen) atoms. The van der Waals surface area contributed by atoms with E-state index in [2.05, 4.69) is 4.98 Å². The molecule has 1 N–H and O–H groups in total. The van der Waals surface area contributed by atoms with Crippen LogP contribution in [0.25, 0.3) is 11.3 Å². The van der Waals surface area contributed by atoms with Gasteiger partial charge in [-0.2, -0.15) is 0 Å². The Kier molecular flexibility index (Phi) is 3.60. The van der Waals surface area contributed by atoms with Crippen LogP contribution in [0.15, 0.2) is 36.8 Å². The molecular formula is C15H16FN3O2. The van der Waals surface area contributed by atoms with E-state index in [-0.39, 0.29) is 11.9 Å². The maximum absolute atomic E-state index is 13.8. The third kappa shape index (κ3) is 2.74. The number of carboxylic acid groups (broad SMARTS) is 1. The van der Waals surface area contributed by atoms with Crippen molar-refractivity contribution >= 4 is 6.09 Å². The predicted molar refractivity (Wildman–Crippen MR) is 75.5 cm³/mol. The number of carbonyl (C=O) groups is 1. The van der Waals surface area contributed by atoms with Gasteiger partial charge in [0.05, 0.1) is 18.1 Å². The smallest absolute Gasteiger partial charge is 0.407 e. The second-order valence-electron chi connectivity index (χ2n) is 5.21. The van der Waals surface area contributed by atoms with Gasteiger partial charge in [0.2, 0.25) is 0 Å². The highest BCUT2D eigenvalue weighted by Gasteiger charge is 2.24. The van der Waals surface area contributed by atoms with Crippen molar-refractivity contribution in [2.24, 2.45) is 0 Å². The number of hydrogen-bond acceptors (Lipinski definition) is 2. The lowest BCUT2D eigenvalue weighted by Gasteiger charge is -2.31. The molecule has 2 heterocycles. The van der Waals surface area contributed by atoms with E-state index in [1.165, 1.54) is 11.0 Å². The predicted octanol–water partition coefficient (Wildman–Crippen LogP) is 3.00. The van der Waals surface area contributed by atoms with E-state index in [1.807, 2.05) is 4.57 Å². The van der Waals surface area contributed by atoms with E-state index in [0.717, 1.165) is 12.8 Å². The summed E-state index contributed by atoms with van der Waals surface area (Å²) in [5.74, 6) is -0.307. The first-order valence-electron chi connectivity index (χ1n) is 6.91. The highest BCUT2D eigenvalue weighted by atomic mass is 19.1. The molecule has 1 saturated heterocycles. The van der Waals surface area contributed by atoms with Crippen molar-refractivity contribution in [1.82, 2.24) is 14.5 Å². The highest BCUT2D eigenvalue weighted by Crippen LogP contribution is 2.25. The minimum Gasteiger partial charge on any atom is -0.465 e. The quantitative estimate of drug-likeness (QED) is 0.924. The van der Waals surface area contributed by atoms with E-state index in [9.17, 15) is 9.18 Å². The molecule has 1 aliphatic heterocycles. The SMILES string of the molecule is O=C(O)N1CCCC(n2cnc(-c3ccccc3F)c2)C1. The number of aromatic nitrogens is 2. The number of benzene rings is 1. The van der Waals surface area contributed by atoms with Gasteiger partial charge < -0.3 is 14.6 Å². The fourth-order valence-corrected chi connectivity index (χ4v) is 2.72. The van der Waals surface area contributed by atoms with Crippen LogP contribution in [0.4, 0.5) is 9.18 Å². The van der Waals surface area contributed by atoms with Crippen molar-refractivity contribution in [2.45, 2.75) is 18.9 Å². The van der Waals surface area contributed by atoms with Crippen LogP contribution in [-0.2, 0) is 0 Å². The largest absolute Gasteiger partial charge is 0.465 e. The van der Waals surface area contributed by atoms with Crippen LogP contribution in [0, 0.1) is 5.82 Å². The number of halogens is 1. The maximum Gasteiger partial charge on any atom is 0.407 e. The van der Waals surface area contributed by atoms with Crippen molar-refractivity contribution < 1.29 is 14.3 Å². The molecule has 6 heteroatoms. The molecule has 1 fully saturated rings. The van der Waals surface area contributed by atoms with Crippen molar-refractivity contribution in [2.75, 3.05) is 13.1 Å². The summed E-state index contributed by atoms with van der Waals surface area (Å²) < 4.78 is 15.6. The monoisotopic (exact) mass is 289 g/mol. The summed E-state index contributed by atoms with van der Waals surface area (Å²) in [7, 11) is 0. The van der Waals surface area contributed by atoms with Crippen LogP contribution in [0.2, 0.25) is 0 Å². The van der Waals surface area contributed by atoms with Crippen LogP contribution in [0.1, 0.15) is 18.9 Å². The molecule has 0 radical (unpaired) electrons. The Labute approximate surface area is 121 Å². The highest BCUT2D eigenvalue weighted by molar-refractivity contribution is 5.65. The van der Waals surface area contributed by atoms with Crippen molar-refractivity contribution in [3.8, 4) is 11.3 Å². The Balaban J connectivity index is 1.82. The summed E-state index contributed by atoms with van der Waals surface area (Å²) >= 11 is 0. The van der Waals surface area contributed by atoms with E-state index in [0.29, 0.717) is 24.3 Å². The average molecular weight is 289 g/mol. The van der Waals surface area contributed by atoms with Gasteiger partial charge in [-0.05, 0) is 25.0 Å². The standard InChI is InChI=1S/C15H16FN3O2/c16-13-6-2-1-5-12(13)14-9-19(10-17-14)11-4-3-7-18(8-11)15(20)21/h1-2,5-6,9-11H,3-4,7-8H2,(H,20,21). The lowest BCUT2D eigenvalue weighted by Crippen LogP contribution is -2.39. The summed E-state index contributed by atoms with van der Waals surface area (Å²) in [6.45, 7) is 1.02. The van der Waals surface area contributed by atoms with Gasteiger partial charge in [-0.15, -0.1) is 0 Å². The first-order chi connectivity index (χ1) is 10.1. The summed E-state index contributed by atoms with van der Waals surface area (Å²) in [4.78, 5) is 16.7. The summed E-state index contributed by atoms with van der Waals surface area (Å²) in [5, 5.41) is 9.07. The summed E-state index contributed by atoms with van der Waals surface area (Å²) in [6, 6.07) is 6.56. The molecule has 0 saturated carbocycles. The maximum atomic E-state index is 13.8. The Hall–Kier alpha value is -2.37. The zero-order valence-electron chi connectivity index (χ0n) is 11.4. The molecule has 1 aliphatic rings. The van der Waals surface area contributed by atoms with Gasteiger partial charge in [0, 0.05) is 24.8 Å². The number of hydrogen-bond donors (Lipinski definition) is 1. The molecular weight excluding hydrogens is 273 g/mol. The van der Waals surface area contributed by atoms with Crippen LogP contribution in [0.3, 0.4) is 0 Å². The third-order valence-corrected chi connectivity index (χ3v) is 3.84. The molecule has 1 aromatic heterocycles. The molecule has 3 rings (SSSR count). The van der Waals surface area contributed by atoms with E-state index in [4.69, 9.17) is 5.11 Å². The first-order valence-corrected chi connectivity index (χ1v) is 6.91. The summed E-state index contributed by atoms with van der Waals surface area (Å²) in [5.41, 5.74) is 1.03. The molecule has 1 atom stereocenters. The Morgan fingerprint density at radius 1 is 1.38 bits per heavy atom. The Morgan fingerprint density at radius 2 is 2.19 bits per heavy atom. The van der Waals surface area contributed by atoms with Crippen molar-refractivity contribution in [3.63, 3.8) is 0 Å². The minimum absolute atomic E-state index is 0.0582. The first kappa shape index (κ1) is 13.6. The Morgan fingerprint density at radius 3 is 2.95 bits per heavy atom. The lowest BCUT2D eigenvalue weighted by molar-refractivity contribution is 0.121. The molecule has 0 bridgehead atoms. The average Bonchev–Trinajstić information content (AvgIpc) is 2.97. The van der Waals surface area contributed by atoms with Gasteiger partial charge in [-0.1, -0.05) is 12.1 Å². The second-order valence-corrected chi connectivity index (χ2v) is 5.21. The fraction of sp³-hybridized carbons (Fsp3) is 0.333. The normalized spacial score (nSPS) is 18.7. The van der Waals surface area contributed by atoms with Gasteiger partial charge >= 0.3 is 6.09 Å². The third-order valence-electron chi connectivity index (χ3n) is 3.84. The second kappa shape index (κ2) is 5.55. The molecule has 0 aliphatic carbocycles. The van der Waals surface area contributed by atoms with Crippen LogP contribution < -0.4 is 0 Å². The summed E-state index contributed by atoms with van der Waals surface area (Å²) in [6.07, 6.45) is 4.27. The minimum atomic E-state index is -0.894. The number of piperidine rings is 1. The zero-order chi connectivity index (χ0) is 14.8. The van der Waals surface area contributed by atoms with Crippen LogP contribution in [-0.4, -0.2) is 38.7 Å². The van der Waals surface area contributed by atoms with Gasteiger partial charge in [0.15, 0.2) is 0 Å².